The highest BCUT2D eigenvalue weighted by molar-refractivity contribution is 9.10. The minimum Gasteiger partial charge on any atom is -0.383 e. The molecule has 0 aromatic heterocycles. The SMILES string of the molecule is COCCN1CCCC1CNC(=O)C(C)(N)c1ccc(Br)cc1.Cl.Cl. The first-order chi connectivity index (χ1) is 10.9. The van der Waals surface area contributed by atoms with Crippen molar-refractivity contribution < 1.29 is 9.53 Å². The molecule has 2 atom stereocenters. The molecule has 0 bridgehead atoms. The van der Waals surface area contributed by atoms with Crippen LogP contribution < -0.4 is 11.1 Å². The van der Waals surface area contributed by atoms with Gasteiger partial charge in [0.1, 0.15) is 5.54 Å². The van der Waals surface area contributed by atoms with Gasteiger partial charge in [0.2, 0.25) is 5.91 Å². The average molecular weight is 457 g/mol. The number of hydrogen-bond acceptors (Lipinski definition) is 4. The summed E-state index contributed by atoms with van der Waals surface area (Å²) in [7, 11) is 1.71. The van der Waals surface area contributed by atoms with Gasteiger partial charge < -0.3 is 15.8 Å². The molecule has 1 aromatic rings. The lowest BCUT2D eigenvalue weighted by molar-refractivity contribution is -0.126. The first kappa shape index (κ1) is 24.6. The van der Waals surface area contributed by atoms with E-state index in [2.05, 4.69) is 26.1 Å². The molecule has 1 aliphatic heterocycles. The van der Waals surface area contributed by atoms with Crippen molar-refractivity contribution in [3.63, 3.8) is 0 Å². The molecule has 1 aromatic carbocycles. The normalized spacial score (nSPS) is 19.4. The van der Waals surface area contributed by atoms with Crippen LogP contribution in [0.5, 0.6) is 0 Å². The molecule has 1 fully saturated rings. The number of methoxy groups -OCH3 is 1. The molecule has 2 unspecified atom stereocenters. The molecule has 0 aliphatic carbocycles. The summed E-state index contributed by atoms with van der Waals surface area (Å²) in [5.41, 5.74) is 6.05. The minimum atomic E-state index is -1.03. The van der Waals surface area contributed by atoms with E-state index in [4.69, 9.17) is 10.5 Å². The highest BCUT2D eigenvalue weighted by Gasteiger charge is 2.32. The quantitative estimate of drug-likeness (QED) is 0.661. The molecule has 2 rings (SSSR count). The summed E-state index contributed by atoms with van der Waals surface area (Å²) in [6.45, 7) is 5.08. The molecular weight excluding hydrogens is 429 g/mol. The molecule has 3 N–H and O–H groups in total. The second-order valence-corrected chi connectivity index (χ2v) is 7.16. The number of benzene rings is 1. The van der Waals surface area contributed by atoms with Gasteiger partial charge >= 0.3 is 0 Å². The van der Waals surface area contributed by atoms with Gasteiger partial charge in [0.15, 0.2) is 0 Å². The number of likely N-dealkylation sites (tertiary alicyclic amines) is 1. The molecule has 0 radical (unpaired) electrons. The number of nitrogens with zero attached hydrogens (tertiary/aromatic N) is 1. The maximum absolute atomic E-state index is 12.5. The van der Waals surface area contributed by atoms with Crippen LogP contribution in [0.25, 0.3) is 0 Å². The van der Waals surface area contributed by atoms with Crippen molar-refractivity contribution in [1.29, 1.82) is 0 Å². The first-order valence-corrected chi connectivity index (χ1v) is 8.80. The Hall–Kier alpha value is -0.370. The lowest BCUT2D eigenvalue weighted by atomic mass is 9.92. The van der Waals surface area contributed by atoms with Crippen LogP contribution in [-0.4, -0.2) is 50.2 Å². The summed E-state index contributed by atoms with van der Waals surface area (Å²) in [4.78, 5) is 14.9. The molecule has 144 valence electrons. The van der Waals surface area contributed by atoms with Gasteiger partial charge in [-0.3, -0.25) is 9.69 Å². The zero-order chi connectivity index (χ0) is 16.9. The maximum atomic E-state index is 12.5. The third kappa shape index (κ3) is 6.70. The Morgan fingerprint density at radius 3 is 2.64 bits per heavy atom. The molecule has 5 nitrogen and oxygen atoms in total. The number of nitrogens with one attached hydrogen (secondary N) is 1. The zero-order valence-electron chi connectivity index (χ0n) is 14.7. The Morgan fingerprint density at radius 2 is 2.04 bits per heavy atom. The molecule has 1 saturated heterocycles. The lowest BCUT2D eigenvalue weighted by Gasteiger charge is -2.28. The summed E-state index contributed by atoms with van der Waals surface area (Å²) in [6, 6.07) is 7.93. The van der Waals surface area contributed by atoms with E-state index in [9.17, 15) is 4.79 Å². The molecule has 1 amide bonds. The van der Waals surface area contributed by atoms with Gasteiger partial charge in [-0.05, 0) is 44.0 Å². The number of carbonyl (C=O) groups is 1. The summed E-state index contributed by atoms with van der Waals surface area (Å²) in [5.74, 6) is -0.140. The first-order valence-electron chi connectivity index (χ1n) is 8.01. The average Bonchev–Trinajstić information content (AvgIpc) is 2.98. The van der Waals surface area contributed by atoms with Crippen LogP contribution in [0, 0.1) is 0 Å². The van der Waals surface area contributed by atoms with Crippen molar-refractivity contribution in [2.24, 2.45) is 5.73 Å². The molecule has 1 heterocycles. The molecular formula is C17H28BrCl2N3O2. The van der Waals surface area contributed by atoms with E-state index in [1.807, 2.05) is 24.3 Å². The lowest BCUT2D eigenvalue weighted by Crippen LogP contribution is -2.52. The van der Waals surface area contributed by atoms with E-state index in [0.717, 1.165) is 42.6 Å². The van der Waals surface area contributed by atoms with Crippen LogP contribution in [-0.2, 0) is 15.1 Å². The standard InChI is InChI=1S/C17H26BrN3O2.2ClH/c1-17(19,13-5-7-14(18)8-6-13)16(22)20-12-15-4-3-9-21(15)10-11-23-2;;/h5-8,15H,3-4,9-12,19H2,1-2H3,(H,20,22);2*1H. The van der Waals surface area contributed by atoms with Crippen molar-refractivity contribution in [2.75, 3.05) is 33.4 Å². The van der Waals surface area contributed by atoms with Crippen LogP contribution in [0.1, 0.15) is 25.3 Å². The van der Waals surface area contributed by atoms with E-state index in [1.54, 1.807) is 14.0 Å². The van der Waals surface area contributed by atoms with E-state index >= 15 is 0 Å². The number of amides is 1. The van der Waals surface area contributed by atoms with Crippen LogP contribution in [0.3, 0.4) is 0 Å². The topological polar surface area (TPSA) is 67.6 Å². The Labute approximate surface area is 171 Å². The Morgan fingerprint density at radius 1 is 1.40 bits per heavy atom. The number of halogens is 3. The van der Waals surface area contributed by atoms with Crippen molar-refractivity contribution in [1.82, 2.24) is 10.2 Å². The van der Waals surface area contributed by atoms with Crippen LogP contribution >= 0.6 is 40.7 Å². The van der Waals surface area contributed by atoms with Crippen LogP contribution in [0.4, 0.5) is 0 Å². The Balaban J connectivity index is 0.00000288. The van der Waals surface area contributed by atoms with Gasteiger partial charge in [0, 0.05) is 30.7 Å². The summed E-state index contributed by atoms with van der Waals surface area (Å²) >= 11 is 3.39. The monoisotopic (exact) mass is 455 g/mol. The molecule has 0 spiro atoms. The second kappa shape index (κ2) is 11.4. The fourth-order valence-electron chi connectivity index (χ4n) is 2.95. The molecule has 8 heteroatoms. The van der Waals surface area contributed by atoms with Crippen LogP contribution in [0.2, 0.25) is 0 Å². The van der Waals surface area contributed by atoms with E-state index in [1.165, 1.54) is 0 Å². The van der Waals surface area contributed by atoms with Gasteiger partial charge in [-0.2, -0.15) is 0 Å². The minimum absolute atomic E-state index is 0. The summed E-state index contributed by atoms with van der Waals surface area (Å²) in [5, 5.41) is 3.03. The van der Waals surface area contributed by atoms with E-state index in [0.29, 0.717) is 12.6 Å². The number of carbonyl (C=O) groups excluding carboxylic acids is 1. The summed E-state index contributed by atoms with van der Waals surface area (Å²) < 4.78 is 6.12. The number of nitrogens with two attached hydrogens (primary N) is 1. The van der Waals surface area contributed by atoms with Crippen molar-refractivity contribution >= 4 is 46.7 Å². The van der Waals surface area contributed by atoms with Crippen LogP contribution in [0.15, 0.2) is 28.7 Å². The fraction of sp³-hybridized carbons (Fsp3) is 0.588. The highest BCUT2D eigenvalue weighted by atomic mass is 79.9. The van der Waals surface area contributed by atoms with Gasteiger partial charge in [-0.15, -0.1) is 24.8 Å². The second-order valence-electron chi connectivity index (χ2n) is 6.24. The third-order valence-electron chi connectivity index (χ3n) is 4.50. The predicted octanol–water partition coefficient (Wildman–Crippen LogP) is 2.69. The summed E-state index contributed by atoms with van der Waals surface area (Å²) in [6.07, 6.45) is 2.26. The predicted molar refractivity (Wildman–Crippen MR) is 110 cm³/mol. The number of rotatable bonds is 7. The Bertz CT molecular complexity index is 529. The molecule has 25 heavy (non-hydrogen) atoms. The zero-order valence-corrected chi connectivity index (χ0v) is 17.9. The molecule has 0 saturated carbocycles. The van der Waals surface area contributed by atoms with Gasteiger partial charge in [-0.1, -0.05) is 28.1 Å². The number of hydrogen-bond donors (Lipinski definition) is 2. The largest absolute Gasteiger partial charge is 0.383 e. The van der Waals surface area contributed by atoms with Crippen molar-refractivity contribution in [2.45, 2.75) is 31.3 Å². The fourth-order valence-corrected chi connectivity index (χ4v) is 3.21. The van der Waals surface area contributed by atoms with Crippen molar-refractivity contribution in [3.05, 3.63) is 34.3 Å². The van der Waals surface area contributed by atoms with Gasteiger partial charge in [0.25, 0.3) is 0 Å². The van der Waals surface area contributed by atoms with Crippen molar-refractivity contribution in [3.8, 4) is 0 Å². The smallest absolute Gasteiger partial charge is 0.244 e. The van der Waals surface area contributed by atoms with E-state index in [-0.39, 0.29) is 30.7 Å². The highest BCUT2D eigenvalue weighted by Crippen LogP contribution is 2.21. The maximum Gasteiger partial charge on any atom is 0.244 e. The number of ether oxygens (including phenoxy) is 1. The van der Waals surface area contributed by atoms with E-state index < -0.39 is 5.54 Å². The van der Waals surface area contributed by atoms with Gasteiger partial charge in [0.05, 0.1) is 6.61 Å². The molecule has 1 aliphatic rings. The third-order valence-corrected chi connectivity index (χ3v) is 5.02. The Kier molecular flexibility index (Phi) is 11.2. The van der Waals surface area contributed by atoms with Gasteiger partial charge in [-0.25, -0.2) is 0 Å².